The van der Waals surface area contributed by atoms with Gasteiger partial charge < -0.3 is 9.47 Å². The number of nitrogens with one attached hydrogen (secondary N) is 1. The summed E-state index contributed by atoms with van der Waals surface area (Å²) >= 11 is 6.16. The number of fused-ring (bicyclic) bond motifs is 3. The molecule has 0 aliphatic heterocycles. The highest BCUT2D eigenvalue weighted by molar-refractivity contribution is 6.31. The zero-order valence-electron chi connectivity index (χ0n) is 19.6. The zero-order valence-corrected chi connectivity index (χ0v) is 20.3. The lowest BCUT2D eigenvalue weighted by Gasteiger charge is -2.19. The van der Waals surface area contributed by atoms with Gasteiger partial charge in [0.15, 0.2) is 0 Å². The Morgan fingerprint density at radius 2 is 1.56 bits per heavy atom. The van der Waals surface area contributed by atoms with E-state index < -0.39 is 11.7 Å². The fourth-order valence-corrected chi connectivity index (χ4v) is 4.43. The maximum Gasteiger partial charge on any atom is 0.411 e. The predicted molar refractivity (Wildman–Crippen MR) is 134 cm³/mol. The molecule has 0 atom stereocenters. The van der Waals surface area contributed by atoms with Gasteiger partial charge in [0.25, 0.3) is 0 Å². The minimum absolute atomic E-state index is 0.0239. The number of ether oxygens (including phenoxy) is 2. The Labute approximate surface area is 205 Å². The molecule has 1 aliphatic carbocycles. The lowest BCUT2D eigenvalue weighted by atomic mass is 9.98. The summed E-state index contributed by atoms with van der Waals surface area (Å²) in [5.74, 6) is -0.321. The molecule has 0 spiro atoms. The number of amides is 1. The van der Waals surface area contributed by atoms with Crippen molar-refractivity contribution in [3.63, 3.8) is 0 Å². The largest absolute Gasteiger partial charge is 0.460 e. The molecule has 34 heavy (non-hydrogen) atoms. The van der Waals surface area contributed by atoms with E-state index in [0.29, 0.717) is 17.1 Å². The molecule has 0 unspecified atom stereocenters. The van der Waals surface area contributed by atoms with Crippen molar-refractivity contribution in [1.29, 1.82) is 0 Å². The van der Waals surface area contributed by atoms with Crippen molar-refractivity contribution in [3.8, 4) is 11.1 Å². The summed E-state index contributed by atoms with van der Waals surface area (Å²) in [6.45, 7) is 5.71. The van der Waals surface area contributed by atoms with Crippen LogP contribution in [0.15, 0.2) is 66.7 Å². The SMILES string of the molecule is CC(C)(C)OC(=O)CCc1ccc(Cl)cc1NC(=O)OCC1c2ccccc2-c2ccccc21. The summed E-state index contributed by atoms with van der Waals surface area (Å²) in [5, 5.41) is 3.28. The lowest BCUT2D eigenvalue weighted by Crippen LogP contribution is -2.24. The average Bonchev–Trinajstić information content (AvgIpc) is 3.10. The molecule has 5 nitrogen and oxygen atoms in total. The number of esters is 1. The smallest absolute Gasteiger partial charge is 0.411 e. The number of benzene rings is 3. The second-order valence-corrected chi connectivity index (χ2v) is 9.77. The molecule has 3 aromatic carbocycles. The van der Waals surface area contributed by atoms with Crippen molar-refractivity contribution in [2.45, 2.75) is 45.1 Å². The summed E-state index contributed by atoms with van der Waals surface area (Å²) in [5.41, 5.74) is 5.41. The fraction of sp³-hybridized carbons (Fsp3) is 0.286. The number of hydrogen-bond donors (Lipinski definition) is 1. The van der Waals surface area contributed by atoms with Gasteiger partial charge in [-0.15, -0.1) is 0 Å². The molecule has 0 saturated heterocycles. The lowest BCUT2D eigenvalue weighted by molar-refractivity contribution is -0.154. The van der Waals surface area contributed by atoms with Crippen LogP contribution in [0.3, 0.4) is 0 Å². The Hall–Kier alpha value is -3.31. The minimum Gasteiger partial charge on any atom is -0.460 e. The predicted octanol–water partition coefficient (Wildman–Crippen LogP) is 6.98. The van der Waals surface area contributed by atoms with Crippen LogP contribution in [0.1, 0.15) is 49.8 Å². The average molecular weight is 478 g/mol. The van der Waals surface area contributed by atoms with Crippen molar-refractivity contribution in [1.82, 2.24) is 0 Å². The molecule has 0 aromatic heterocycles. The molecule has 0 saturated carbocycles. The molecule has 0 fully saturated rings. The Bertz CT molecular complexity index is 1170. The number of anilines is 1. The van der Waals surface area contributed by atoms with Crippen molar-refractivity contribution in [2.24, 2.45) is 0 Å². The van der Waals surface area contributed by atoms with Crippen molar-refractivity contribution in [3.05, 3.63) is 88.4 Å². The Kier molecular flexibility index (Phi) is 6.94. The van der Waals surface area contributed by atoms with Crippen LogP contribution in [0.5, 0.6) is 0 Å². The van der Waals surface area contributed by atoms with E-state index in [2.05, 4.69) is 29.6 Å². The number of aryl methyl sites for hydroxylation is 1. The van der Waals surface area contributed by atoms with Crippen molar-refractivity contribution >= 4 is 29.4 Å². The molecular weight excluding hydrogens is 450 g/mol. The van der Waals surface area contributed by atoms with E-state index in [-0.39, 0.29) is 24.9 Å². The first-order valence-electron chi connectivity index (χ1n) is 11.3. The van der Waals surface area contributed by atoms with Crippen LogP contribution in [0, 0.1) is 0 Å². The number of halogens is 1. The van der Waals surface area contributed by atoms with Crippen LogP contribution >= 0.6 is 11.6 Å². The first kappa shape index (κ1) is 23.8. The summed E-state index contributed by atoms with van der Waals surface area (Å²) < 4.78 is 11.0. The highest BCUT2D eigenvalue weighted by Crippen LogP contribution is 2.44. The van der Waals surface area contributed by atoms with Crippen LogP contribution in [0.2, 0.25) is 5.02 Å². The van der Waals surface area contributed by atoms with Crippen LogP contribution in [-0.2, 0) is 20.7 Å². The monoisotopic (exact) mass is 477 g/mol. The quantitative estimate of drug-likeness (QED) is 0.389. The van der Waals surface area contributed by atoms with Crippen LogP contribution in [0.4, 0.5) is 10.5 Å². The number of hydrogen-bond acceptors (Lipinski definition) is 4. The third-order valence-electron chi connectivity index (χ3n) is 5.67. The molecule has 176 valence electrons. The molecular formula is C28H28ClNO4. The van der Waals surface area contributed by atoms with Crippen LogP contribution in [0.25, 0.3) is 11.1 Å². The standard InChI is InChI=1S/C28H28ClNO4/c1-28(2,3)34-26(31)15-13-18-12-14-19(29)16-25(18)30-27(32)33-17-24-22-10-6-4-8-20(22)21-9-5-7-11-23(21)24/h4-12,14,16,24H,13,15,17H2,1-3H3,(H,30,32). The normalized spacial score (nSPS) is 12.6. The van der Waals surface area contributed by atoms with E-state index in [9.17, 15) is 9.59 Å². The molecule has 0 heterocycles. The topological polar surface area (TPSA) is 64.6 Å². The molecule has 4 rings (SSSR count). The van der Waals surface area contributed by atoms with Gasteiger partial charge in [-0.1, -0.05) is 66.2 Å². The third-order valence-corrected chi connectivity index (χ3v) is 5.91. The Balaban J connectivity index is 1.42. The molecule has 0 bridgehead atoms. The summed E-state index contributed by atoms with van der Waals surface area (Å²) in [4.78, 5) is 24.8. The van der Waals surface area contributed by atoms with E-state index in [1.54, 1.807) is 18.2 Å². The second-order valence-electron chi connectivity index (χ2n) is 9.34. The van der Waals surface area contributed by atoms with Gasteiger partial charge in [-0.3, -0.25) is 10.1 Å². The highest BCUT2D eigenvalue weighted by Gasteiger charge is 2.29. The van der Waals surface area contributed by atoms with E-state index >= 15 is 0 Å². The van der Waals surface area contributed by atoms with Crippen molar-refractivity contribution < 1.29 is 19.1 Å². The van der Waals surface area contributed by atoms with Crippen LogP contribution < -0.4 is 5.32 Å². The van der Waals surface area contributed by atoms with Gasteiger partial charge in [-0.2, -0.15) is 0 Å². The van der Waals surface area contributed by atoms with Gasteiger partial charge >= 0.3 is 12.1 Å². The summed E-state index contributed by atoms with van der Waals surface area (Å²) in [6, 6.07) is 21.6. The molecule has 1 amide bonds. The first-order valence-corrected chi connectivity index (χ1v) is 11.7. The van der Waals surface area contributed by atoms with Gasteiger partial charge in [0.05, 0.1) is 0 Å². The van der Waals surface area contributed by atoms with Gasteiger partial charge in [0.2, 0.25) is 0 Å². The Morgan fingerprint density at radius 1 is 0.941 bits per heavy atom. The molecule has 6 heteroatoms. The Morgan fingerprint density at radius 3 is 2.18 bits per heavy atom. The van der Waals surface area contributed by atoms with Crippen LogP contribution in [-0.4, -0.2) is 24.3 Å². The first-order chi connectivity index (χ1) is 16.2. The summed E-state index contributed by atoms with van der Waals surface area (Å²) in [6.07, 6.45) is 0.0335. The molecule has 0 radical (unpaired) electrons. The van der Waals surface area contributed by atoms with E-state index in [4.69, 9.17) is 21.1 Å². The minimum atomic E-state index is -0.567. The van der Waals surface area contributed by atoms with E-state index in [1.165, 1.54) is 11.1 Å². The maximum absolute atomic E-state index is 12.7. The third kappa shape index (κ3) is 5.60. The second kappa shape index (κ2) is 9.90. The van der Waals surface area contributed by atoms with Crippen molar-refractivity contribution in [2.75, 3.05) is 11.9 Å². The molecule has 3 aromatic rings. The number of rotatable bonds is 6. The number of carbonyl (C=O) groups is 2. The van der Waals surface area contributed by atoms with Gasteiger partial charge in [-0.25, -0.2) is 4.79 Å². The number of carbonyl (C=O) groups excluding carboxylic acids is 2. The fourth-order valence-electron chi connectivity index (χ4n) is 4.26. The molecule has 1 N–H and O–H groups in total. The van der Waals surface area contributed by atoms with Gasteiger partial charge in [0.1, 0.15) is 12.2 Å². The maximum atomic E-state index is 12.7. The molecule has 1 aliphatic rings. The van der Waals surface area contributed by atoms with Gasteiger partial charge in [0, 0.05) is 23.0 Å². The van der Waals surface area contributed by atoms with Gasteiger partial charge in [-0.05, 0) is 67.1 Å². The zero-order chi connectivity index (χ0) is 24.3. The summed E-state index contributed by atoms with van der Waals surface area (Å²) in [7, 11) is 0. The van der Waals surface area contributed by atoms with E-state index in [0.717, 1.165) is 16.7 Å². The van der Waals surface area contributed by atoms with E-state index in [1.807, 2.05) is 45.0 Å². The highest BCUT2D eigenvalue weighted by atomic mass is 35.5.